The lowest BCUT2D eigenvalue weighted by molar-refractivity contribution is -0.133. The van der Waals surface area contributed by atoms with E-state index in [-0.39, 0.29) is 11.8 Å². The van der Waals surface area contributed by atoms with Gasteiger partial charge in [-0.3, -0.25) is 0 Å². The summed E-state index contributed by atoms with van der Waals surface area (Å²) in [6.07, 6.45) is 4.94. The molecule has 1 aliphatic rings. The van der Waals surface area contributed by atoms with Crippen LogP contribution in [0.4, 0.5) is 0 Å². The smallest absolute Gasteiger partial charge is 0.336 e. The van der Waals surface area contributed by atoms with Crippen LogP contribution in [0.15, 0.2) is 23.9 Å². The van der Waals surface area contributed by atoms with Crippen molar-refractivity contribution in [3.8, 4) is 0 Å². The molecule has 0 amide bonds. The van der Waals surface area contributed by atoms with Crippen LogP contribution in [-0.4, -0.2) is 18.2 Å². The summed E-state index contributed by atoms with van der Waals surface area (Å²) in [6, 6.07) is 0. The highest BCUT2D eigenvalue weighted by Crippen LogP contribution is 2.14. The number of carboxylic acid groups (broad SMARTS) is 1. The van der Waals surface area contributed by atoms with Crippen molar-refractivity contribution in [2.24, 2.45) is 0 Å². The maximum atomic E-state index is 10.5. The largest absolute Gasteiger partial charge is 0.478 e. The summed E-state index contributed by atoms with van der Waals surface area (Å²) in [7, 11) is 1.41. The minimum absolute atomic E-state index is 0.134. The van der Waals surface area contributed by atoms with Crippen LogP contribution in [0.25, 0.3) is 0 Å². The third-order valence-electron chi connectivity index (χ3n) is 1.25. The number of ether oxygens (including phenoxy) is 1. The Hall–Kier alpha value is -1.29. The van der Waals surface area contributed by atoms with E-state index < -0.39 is 5.97 Å². The Bertz CT molecular complexity index is 220. The van der Waals surface area contributed by atoms with E-state index in [0.717, 1.165) is 0 Å². The molecule has 0 aliphatic carbocycles. The average Bonchev–Trinajstić information content (AvgIpc) is 2.04. The monoisotopic (exact) mass is 154 g/mol. The molecule has 0 aromatic rings. The lowest BCUT2D eigenvalue weighted by Crippen LogP contribution is -2.25. The van der Waals surface area contributed by atoms with E-state index >= 15 is 0 Å². The van der Waals surface area contributed by atoms with Crippen molar-refractivity contribution in [1.29, 1.82) is 0 Å². The zero-order valence-electron chi connectivity index (χ0n) is 6.00. The zero-order chi connectivity index (χ0) is 8.27. The molecule has 0 unspecified atom stereocenters. The summed E-state index contributed by atoms with van der Waals surface area (Å²) in [5.74, 6) is -1.00. The van der Waals surface area contributed by atoms with Crippen molar-refractivity contribution in [1.82, 2.24) is 5.32 Å². The van der Waals surface area contributed by atoms with Gasteiger partial charge in [0.15, 0.2) is 0 Å². The maximum Gasteiger partial charge on any atom is 0.336 e. The summed E-state index contributed by atoms with van der Waals surface area (Å²) >= 11 is 0. The first-order valence-corrected chi connectivity index (χ1v) is 3.03. The van der Waals surface area contributed by atoms with Crippen LogP contribution >= 0.6 is 0 Å². The predicted octanol–water partition coefficient (Wildman–Crippen LogP) is 0.250. The van der Waals surface area contributed by atoms with Crippen LogP contribution in [0, 0.1) is 6.23 Å². The predicted molar refractivity (Wildman–Crippen MR) is 38.2 cm³/mol. The first-order chi connectivity index (χ1) is 5.25. The van der Waals surface area contributed by atoms with Crippen molar-refractivity contribution in [2.45, 2.75) is 0 Å². The quantitative estimate of drug-likeness (QED) is 0.598. The van der Waals surface area contributed by atoms with Crippen molar-refractivity contribution >= 4 is 5.97 Å². The fourth-order valence-corrected chi connectivity index (χ4v) is 0.759. The molecule has 2 N–H and O–H groups in total. The highest BCUT2D eigenvalue weighted by Gasteiger charge is 2.21. The number of aliphatic carboxylic acids is 1. The number of hydrogen-bond acceptors (Lipinski definition) is 3. The molecule has 11 heavy (non-hydrogen) atoms. The van der Waals surface area contributed by atoms with Gasteiger partial charge >= 0.3 is 5.97 Å². The van der Waals surface area contributed by atoms with Gasteiger partial charge in [-0.25, -0.2) is 4.79 Å². The van der Waals surface area contributed by atoms with E-state index in [2.05, 4.69) is 5.32 Å². The molecule has 0 aromatic carbocycles. The van der Waals surface area contributed by atoms with Gasteiger partial charge in [-0.1, -0.05) is 0 Å². The summed E-state index contributed by atoms with van der Waals surface area (Å²) in [6.45, 7) is 0. The third kappa shape index (κ3) is 1.59. The number of carbonyl (C=O) groups is 1. The average molecular weight is 154 g/mol. The van der Waals surface area contributed by atoms with Crippen molar-refractivity contribution in [2.75, 3.05) is 7.11 Å². The van der Waals surface area contributed by atoms with E-state index in [1.165, 1.54) is 13.2 Å². The zero-order valence-corrected chi connectivity index (χ0v) is 6.00. The molecule has 0 aromatic heterocycles. The first kappa shape index (κ1) is 7.81. The molecule has 1 radical (unpaired) electrons. The fraction of sp³-hybridized carbons (Fsp3) is 0.143. The number of dihydropyridines is 1. The Labute approximate surface area is 64.2 Å². The molecule has 0 saturated carbocycles. The van der Waals surface area contributed by atoms with Crippen LogP contribution in [0.1, 0.15) is 0 Å². The van der Waals surface area contributed by atoms with Crippen LogP contribution < -0.4 is 5.32 Å². The summed E-state index contributed by atoms with van der Waals surface area (Å²) in [4.78, 5) is 10.5. The Balaban J connectivity index is 2.78. The molecule has 1 heterocycles. The highest BCUT2D eigenvalue weighted by molar-refractivity contribution is 5.90. The molecule has 4 nitrogen and oxygen atoms in total. The van der Waals surface area contributed by atoms with Gasteiger partial charge in [-0.15, -0.1) is 0 Å². The van der Waals surface area contributed by atoms with Crippen LogP contribution in [0.3, 0.4) is 0 Å². The SMILES string of the molecule is CO[C]1NC=CC=C1C(=O)O. The van der Waals surface area contributed by atoms with Gasteiger partial charge in [0.05, 0.1) is 5.57 Å². The lowest BCUT2D eigenvalue weighted by Gasteiger charge is -2.16. The lowest BCUT2D eigenvalue weighted by atomic mass is 10.2. The van der Waals surface area contributed by atoms with E-state index in [4.69, 9.17) is 9.84 Å². The third-order valence-corrected chi connectivity index (χ3v) is 1.25. The molecular formula is C7H8NO3. The molecule has 4 heteroatoms. The maximum absolute atomic E-state index is 10.5. The second-order valence-corrected chi connectivity index (χ2v) is 1.92. The summed E-state index contributed by atoms with van der Waals surface area (Å²) in [5, 5.41) is 11.3. The molecule has 0 spiro atoms. The van der Waals surface area contributed by atoms with Crippen molar-refractivity contribution in [3.05, 3.63) is 30.2 Å². The van der Waals surface area contributed by atoms with Gasteiger partial charge in [0, 0.05) is 7.11 Å². The molecule has 0 bridgehead atoms. The highest BCUT2D eigenvalue weighted by atomic mass is 16.5. The number of carboxylic acids is 1. The van der Waals surface area contributed by atoms with Gasteiger partial charge in [0.25, 0.3) is 0 Å². The topological polar surface area (TPSA) is 58.6 Å². The van der Waals surface area contributed by atoms with Crippen molar-refractivity contribution < 1.29 is 14.6 Å². The van der Waals surface area contributed by atoms with E-state index in [0.29, 0.717) is 0 Å². The Morgan fingerprint density at radius 2 is 2.45 bits per heavy atom. The summed E-state index contributed by atoms with van der Waals surface area (Å²) in [5.41, 5.74) is 0.134. The van der Waals surface area contributed by atoms with E-state index in [9.17, 15) is 4.79 Å². The van der Waals surface area contributed by atoms with Crippen LogP contribution in [0.5, 0.6) is 0 Å². The van der Waals surface area contributed by atoms with Gasteiger partial charge in [-0.05, 0) is 18.4 Å². The molecule has 0 fully saturated rings. The standard InChI is InChI=1S/C7H8NO3/c1-11-6-5(7(9)10)3-2-4-8-6/h2-4,8H,1H3,(H,9,10). The van der Waals surface area contributed by atoms with Crippen LogP contribution in [0.2, 0.25) is 0 Å². The van der Waals surface area contributed by atoms with Gasteiger partial charge in [-0.2, -0.15) is 0 Å². The minimum atomic E-state index is -1.00. The van der Waals surface area contributed by atoms with E-state index in [1.54, 1.807) is 12.3 Å². The molecule has 1 rings (SSSR count). The molecule has 59 valence electrons. The normalized spacial score (nSPS) is 17.4. The van der Waals surface area contributed by atoms with Gasteiger partial charge < -0.3 is 15.2 Å². The van der Waals surface area contributed by atoms with Crippen molar-refractivity contribution in [3.63, 3.8) is 0 Å². The summed E-state index contributed by atoms with van der Waals surface area (Å²) < 4.78 is 4.77. The number of allylic oxidation sites excluding steroid dienone is 2. The van der Waals surface area contributed by atoms with Gasteiger partial charge in [0.2, 0.25) is 6.23 Å². The van der Waals surface area contributed by atoms with E-state index in [1.807, 2.05) is 0 Å². The second kappa shape index (κ2) is 3.21. The molecular weight excluding hydrogens is 146 g/mol. The second-order valence-electron chi connectivity index (χ2n) is 1.92. The molecule has 0 saturated heterocycles. The fourth-order valence-electron chi connectivity index (χ4n) is 0.759. The Morgan fingerprint density at radius 3 is 2.91 bits per heavy atom. The van der Waals surface area contributed by atoms with Crippen LogP contribution in [-0.2, 0) is 9.53 Å². The van der Waals surface area contributed by atoms with Gasteiger partial charge in [0.1, 0.15) is 0 Å². The molecule has 1 aliphatic heterocycles. The Kier molecular flexibility index (Phi) is 2.28. The Morgan fingerprint density at radius 1 is 1.73 bits per heavy atom. The number of rotatable bonds is 2. The number of methoxy groups -OCH3 is 1. The molecule has 0 atom stereocenters. The number of nitrogens with one attached hydrogen (secondary N) is 1. The minimum Gasteiger partial charge on any atom is -0.478 e. The number of hydrogen-bond donors (Lipinski definition) is 2. The first-order valence-electron chi connectivity index (χ1n) is 3.03.